The first kappa shape index (κ1) is 23.2. The van der Waals surface area contributed by atoms with Crippen molar-refractivity contribution in [2.45, 2.75) is 20.3 Å². The monoisotopic (exact) mass is 477 g/mol. The molecule has 0 aliphatic carbocycles. The maximum atomic E-state index is 12.0. The van der Waals surface area contributed by atoms with Crippen LogP contribution in [0.5, 0.6) is 17.2 Å². The number of nitrogens with zero attached hydrogens (tertiary/aromatic N) is 1. The number of benzene rings is 2. The molecule has 2 amide bonds. The van der Waals surface area contributed by atoms with E-state index in [-0.39, 0.29) is 6.42 Å². The third-order valence-electron chi connectivity index (χ3n) is 3.71. The van der Waals surface area contributed by atoms with E-state index in [1.54, 1.807) is 43.5 Å². The zero-order chi connectivity index (χ0) is 21.9. The second kappa shape index (κ2) is 11.8. The van der Waals surface area contributed by atoms with Gasteiger partial charge >= 0.3 is 0 Å². The van der Waals surface area contributed by atoms with Crippen LogP contribution in [0.25, 0.3) is 0 Å². The summed E-state index contributed by atoms with van der Waals surface area (Å²) in [6.45, 7) is 4.80. The average Bonchev–Trinajstić information content (AvgIpc) is 2.70. The number of methoxy groups -OCH3 is 1. The molecule has 0 saturated heterocycles. The molecule has 2 aromatic rings. The van der Waals surface area contributed by atoms with Crippen LogP contribution in [-0.2, 0) is 9.59 Å². The van der Waals surface area contributed by atoms with E-state index in [2.05, 4.69) is 31.8 Å². The van der Waals surface area contributed by atoms with Gasteiger partial charge in [0.15, 0.2) is 11.5 Å². The van der Waals surface area contributed by atoms with Crippen molar-refractivity contribution in [2.75, 3.05) is 25.6 Å². The molecule has 2 N–H and O–H groups in total. The van der Waals surface area contributed by atoms with Gasteiger partial charge in [-0.05, 0) is 71.7 Å². The van der Waals surface area contributed by atoms with Gasteiger partial charge in [-0.2, -0.15) is 5.10 Å². The van der Waals surface area contributed by atoms with Crippen molar-refractivity contribution in [1.82, 2.24) is 5.43 Å². The van der Waals surface area contributed by atoms with Crippen LogP contribution in [0.15, 0.2) is 46.0 Å². The number of carbonyl (C=O) groups is 2. The predicted octanol–water partition coefficient (Wildman–Crippen LogP) is 3.73. The summed E-state index contributed by atoms with van der Waals surface area (Å²) in [6.07, 6.45) is 1.09. The topological polar surface area (TPSA) is 98.2 Å². The van der Waals surface area contributed by atoms with Crippen LogP contribution < -0.4 is 25.0 Å². The van der Waals surface area contributed by atoms with Gasteiger partial charge < -0.3 is 19.5 Å². The minimum atomic E-state index is -0.535. The Labute approximate surface area is 183 Å². The summed E-state index contributed by atoms with van der Waals surface area (Å²) in [7, 11) is 1.55. The largest absolute Gasteiger partial charge is 0.494 e. The summed E-state index contributed by atoms with van der Waals surface area (Å²) in [5.74, 6) is 0.853. The summed E-state index contributed by atoms with van der Waals surface area (Å²) in [6, 6.07) is 10.4. The van der Waals surface area contributed by atoms with Crippen LogP contribution in [0.1, 0.15) is 25.8 Å². The number of hydrazone groups is 1. The first-order valence-electron chi connectivity index (χ1n) is 9.31. The summed E-state index contributed by atoms with van der Waals surface area (Å²) < 4.78 is 16.9. The number of anilines is 1. The summed E-state index contributed by atoms with van der Waals surface area (Å²) >= 11 is 3.41. The van der Waals surface area contributed by atoms with Gasteiger partial charge in [-0.3, -0.25) is 9.59 Å². The molecule has 0 bridgehead atoms. The number of ether oxygens (including phenoxy) is 3. The Hall–Kier alpha value is -3.07. The maximum Gasteiger partial charge on any atom is 0.249 e. The quantitative estimate of drug-likeness (QED) is 0.308. The van der Waals surface area contributed by atoms with Crippen LogP contribution in [0.3, 0.4) is 0 Å². The molecule has 2 aromatic carbocycles. The maximum absolute atomic E-state index is 12.0. The lowest BCUT2D eigenvalue weighted by Gasteiger charge is -2.11. The van der Waals surface area contributed by atoms with Crippen LogP contribution in [0.2, 0.25) is 0 Å². The Morgan fingerprint density at radius 1 is 1.07 bits per heavy atom. The number of rotatable bonds is 10. The highest BCUT2D eigenvalue weighted by atomic mass is 79.9. The van der Waals surface area contributed by atoms with E-state index < -0.39 is 11.8 Å². The molecule has 0 spiro atoms. The van der Waals surface area contributed by atoms with E-state index >= 15 is 0 Å². The predicted molar refractivity (Wildman–Crippen MR) is 118 cm³/mol. The van der Waals surface area contributed by atoms with Crippen molar-refractivity contribution >= 4 is 39.6 Å². The van der Waals surface area contributed by atoms with Crippen LogP contribution in [0.4, 0.5) is 5.69 Å². The lowest BCUT2D eigenvalue weighted by molar-refractivity contribution is -0.126. The third-order valence-corrected chi connectivity index (χ3v) is 4.30. The molecule has 160 valence electrons. The van der Waals surface area contributed by atoms with Gasteiger partial charge in [0.2, 0.25) is 11.8 Å². The average molecular weight is 478 g/mol. The Balaban J connectivity index is 1.89. The zero-order valence-corrected chi connectivity index (χ0v) is 18.6. The summed E-state index contributed by atoms with van der Waals surface area (Å²) in [5.41, 5.74) is 3.60. The molecule has 0 aliphatic rings. The van der Waals surface area contributed by atoms with Crippen molar-refractivity contribution in [3.8, 4) is 17.2 Å². The molecular formula is C21H24BrN3O5. The zero-order valence-electron chi connectivity index (χ0n) is 17.0. The van der Waals surface area contributed by atoms with E-state index in [4.69, 9.17) is 14.2 Å². The molecular weight excluding hydrogens is 454 g/mol. The number of amides is 2. The number of nitrogens with one attached hydrogen (secondary N) is 2. The molecule has 0 fully saturated rings. The number of hydrogen-bond donors (Lipinski definition) is 2. The molecule has 0 heterocycles. The van der Waals surface area contributed by atoms with Crippen LogP contribution in [-0.4, -0.2) is 38.4 Å². The van der Waals surface area contributed by atoms with Gasteiger partial charge in [-0.1, -0.05) is 0 Å². The van der Waals surface area contributed by atoms with E-state index in [1.807, 2.05) is 13.8 Å². The lowest BCUT2D eigenvalue weighted by Crippen LogP contribution is -2.24. The smallest absolute Gasteiger partial charge is 0.249 e. The summed E-state index contributed by atoms with van der Waals surface area (Å²) in [5, 5.41) is 6.54. The second-order valence-electron chi connectivity index (χ2n) is 5.94. The lowest BCUT2D eigenvalue weighted by atomic mass is 10.2. The molecule has 2 rings (SSSR count). The second-order valence-corrected chi connectivity index (χ2v) is 6.80. The van der Waals surface area contributed by atoms with E-state index in [0.29, 0.717) is 46.2 Å². The highest BCUT2D eigenvalue weighted by Crippen LogP contribution is 2.36. The molecule has 8 nitrogen and oxygen atoms in total. The normalized spacial score (nSPS) is 10.5. The molecule has 0 saturated carbocycles. The van der Waals surface area contributed by atoms with Crippen molar-refractivity contribution in [3.63, 3.8) is 0 Å². The number of hydrogen-bond acceptors (Lipinski definition) is 6. The van der Waals surface area contributed by atoms with Crippen molar-refractivity contribution < 1.29 is 23.8 Å². The Bertz CT molecular complexity index is 900. The SMILES string of the molecule is CCOc1ccc(NC(=O)CC(=O)NN=Cc2cc(Br)c(OC)c(OCC)c2)cc1. The number of halogens is 1. The van der Waals surface area contributed by atoms with Crippen molar-refractivity contribution in [1.29, 1.82) is 0 Å². The molecule has 0 unspecified atom stereocenters. The van der Waals surface area contributed by atoms with E-state index in [9.17, 15) is 9.59 Å². The van der Waals surface area contributed by atoms with E-state index in [0.717, 1.165) is 0 Å². The molecule has 30 heavy (non-hydrogen) atoms. The molecule has 0 aliphatic heterocycles. The van der Waals surface area contributed by atoms with Crippen LogP contribution >= 0.6 is 15.9 Å². The minimum absolute atomic E-state index is 0.360. The Morgan fingerprint density at radius 3 is 2.40 bits per heavy atom. The van der Waals surface area contributed by atoms with Crippen molar-refractivity contribution in [3.05, 3.63) is 46.4 Å². The van der Waals surface area contributed by atoms with Gasteiger partial charge in [0.1, 0.15) is 12.2 Å². The number of carbonyl (C=O) groups excluding carboxylic acids is 2. The van der Waals surface area contributed by atoms with Crippen LogP contribution in [0, 0.1) is 0 Å². The van der Waals surface area contributed by atoms with Gasteiger partial charge in [-0.25, -0.2) is 5.43 Å². The Kier molecular flexibility index (Phi) is 9.14. The summed E-state index contributed by atoms with van der Waals surface area (Å²) in [4.78, 5) is 24.0. The highest BCUT2D eigenvalue weighted by Gasteiger charge is 2.11. The fourth-order valence-electron chi connectivity index (χ4n) is 2.49. The van der Waals surface area contributed by atoms with Gasteiger partial charge in [0, 0.05) is 5.69 Å². The van der Waals surface area contributed by atoms with E-state index in [1.165, 1.54) is 6.21 Å². The highest BCUT2D eigenvalue weighted by molar-refractivity contribution is 9.10. The standard InChI is InChI=1S/C21H24BrN3O5/c1-4-29-16-8-6-15(7-9-16)24-19(26)12-20(27)25-23-13-14-10-17(22)21(28-3)18(11-14)30-5-2/h6-11,13H,4-5,12H2,1-3H3,(H,24,26)(H,25,27). The molecule has 0 aromatic heterocycles. The van der Waals surface area contributed by atoms with Crippen molar-refractivity contribution in [2.24, 2.45) is 5.10 Å². The minimum Gasteiger partial charge on any atom is -0.494 e. The first-order chi connectivity index (χ1) is 14.5. The fraction of sp³-hybridized carbons (Fsp3) is 0.286. The van der Waals surface area contributed by atoms with Gasteiger partial charge in [-0.15, -0.1) is 0 Å². The molecule has 0 radical (unpaired) electrons. The third kappa shape index (κ3) is 7.07. The fourth-order valence-corrected chi connectivity index (χ4v) is 3.12. The molecule has 9 heteroatoms. The van der Waals surface area contributed by atoms with Gasteiger partial charge in [0.05, 0.1) is 31.0 Å². The van der Waals surface area contributed by atoms with Gasteiger partial charge in [0.25, 0.3) is 0 Å². The first-order valence-corrected chi connectivity index (χ1v) is 10.1. The molecule has 0 atom stereocenters. The Morgan fingerprint density at radius 2 is 1.77 bits per heavy atom.